The van der Waals surface area contributed by atoms with E-state index in [4.69, 9.17) is 0 Å². The molecule has 3 heterocycles. The van der Waals surface area contributed by atoms with Crippen LogP contribution in [0.15, 0.2) is 15.8 Å². The van der Waals surface area contributed by atoms with Crippen molar-refractivity contribution in [3.8, 4) is 0 Å². The molecule has 1 N–H and O–H groups in total. The van der Waals surface area contributed by atoms with Crippen LogP contribution in [0.4, 0.5) is 0 Å². The molecule has 0 aliphatic carbocycles. The van der Waals surface area contributed by atoms with Crippen molar-refractivity contribution in [3.05, 3.63) is 32.6 Å². The number of hydrogen-bond acceptors (Lipinski definition) is 4. The van der Waals surface area contributed by atoms with Gasteiger partial charge in [0.25, 0.3) is 5.56 Å². The van der Waals surface area contributed by atoms with Gasteiger partial charge in [-0.05, 0) is 64.6 Å². The quantitative estimate of drug-likeness (QED) is 0.848. The molecule has 3 rings (SSSR count). The Morgan fingerprint density at radius 3 is 2.52 bits per heavy atom. The number of piperidine rings is 1. The molecule has 1 aromatic heterocycles. The Balaban J connectivity index is 1.61. The molecule has 7 nitrogen and oxygen atoms in total. The van der Waals surface area contributed by atoms with Gasteiger partial charge in [-0.15, -0.1) is 0 Å². The van der Waals surface area contributed by atoms with Crippen molar-refractivity contribution in [2.45, 2.75) is 45.6 Å². The third-order valence-corrected chi connectivity index (χ3v) is 5.94. The lowest BCUT2D eigenvalue weighted by atomic mass is 9.73. The average molecular weight is 348 g/mol. The molecule has 1 amide bonds. The molecule has 25 heavy (non-hydrogen) atoms. The van der Waals surface area contributed by atoms with Crippen molar-refractivity contribution in [2.75, 3.05) is 33.2 Å². The predicted molar refractivity (Wildman–Crippen MR) is 95.7 cm³/mol. The number of nitrogens with one attached hydrogen (secondary N) is 1. The third kappa shape index (κ3) is 4.03. The molecule has 2 fully saturated rings. The zero-order valence-electron chi connectivity index (χ0n) is 15.2. The average Bonchev–Trinajstić information content (AvgIpc) is 2.75. The van der Waals surface area contributed by atoms with Crippen molar-refractivity contribution < 1.29 is 4.79 Å². The molecule has 1 spiro atoms. The Bertz CT molecular complexity index is 743. The number of rotatable bonds is 2. The van der Waals surface area contributed by atoms with E-state index in [2.05, 4.69) is 16.9 Å². The van der Waals surface area contributed by atoms with Crippen LogP contribution >= 0.6 is 0 Å². The smallest absolute Gasteiger partial charge is 0.328 e. The minimum absolute atomic E-state index is 0.00775. The molecule has 0 unspecified atom stereocenters. The van der Waals surface area contributed by atoms with Gasteiger partial charge in [0, 0.05) is 24.8 Å². The summed E-state index contributed by atoms with van der Waals surface area (Å²) in [5.41, 5.74) is -0.101. The van der Waals surface area contributed by atoms with Crippen LogP contribution in [0.2, 0.25) is 0 Å². The Morgan fingerprint density at radius 1 is 1.12 bits per heavy atom. The zero-order valence-corrected chi connectivity index (χ0v) is 15.2. The monoisotopic (exact) mass is 348 g/mol. The summed E-state index contributed by atoms with van der Waals surface area (Å²) in [5, 5.41) is 0. The highest BCUT2D eigenvalue weighted by molar-refractivity contribution is 5.76. The molecule has 0 atom stereocenters. The first-order valence-corrected chi connectivity index (χ1v) is 9.15. The summed E-state index contributed by atoms with van der Waals surface area (Å²) in [7, 11) is 2.18. The van der Waals surface area contributed by atoms with Gasteiger partial charge in [0.1, 0.15) is 6.54 Å². The van der Waals surface area contributed by atoms with Crippen molar-refractivity contribution in [1.29, 1.82) is 0 Å². The summed E-state index contributed by atoms with van der Waals surface area (Å²) in [5.74, 6) is -0.0471. The van der Waals surface area contributed by atoms with Gasteiger partial charge >= 0.3 is 5.69 Å². The fourth-order valence-corrected chi connectivity index (χ4v) is 4.10. The lowest BCUT2D eigenvalue weighted by Crippen LogP contribution is -2.45. The molecule has 1 aromatic rings. The van der Waals surface area contributed by atoms with Gasteiger partial charge in [-0.1, -0.05) is 0 Å². The summed E-state index contributed by atoms with van der Waals surface area (Å²) in [4.78, 5) is 42.4. The molecule has 2 aliphatic heterocycles. The Kier molecular flexibility index (Phi) is 5.13. The molecule has 0 saturated carbocycles. The van der Waals surface area contributed by atoms with E-state index in [1.807, 2.05) is 4.90 Å². The van der Waals surface area contributed by atoms with Crippen LogP contribution < -0.4 is 11.2 Å². The Morgan fingerprint density at radius 2 is 1.80 bits per heavy atom. The van der Waals surface area contributed by atoms with E-state index in [9.17, 15) is 14.4 Å². The molecule has 2 saturated heterocycles. The fraction of sp³-hybridized carbons (Fsp3) is 0.722. The summed E-state index contributed by atoms with van der Waals surface area (Å²) in [6, 6.07) is 0. The predicted octanol–water partition coefficient (Wildman–Crippen LogP) is 0.570. The van der Waals surface area contributed by atoms with E-state index in [0.717, 1.165) is 32.5 Å². The molecule has 0 radical (unpaired) electrons. The number of amides is 1. The van der Waals surface area contributed by atoms with Crippen LogP contribution in [0.3, 0.4) is 0 Å². The van der Waals surface area contributed by atoms with Crippen LogP contribution in [0.25, 0.3) is 0 Å². The van der Waals surface area contributed by atoms with Crippen molar-refractivity contribution in [1.82, 2.24) is 19.4 Å². The second-order valence-electron chi connectivity index (χ2n) is 7.74. The Labute approximate surface area is 147 Å². The summed E-state index contributed by atoms with van der Waals surface area (Å²) >= 11 is 0. The number of aromatic amines is 1. The highest BCUT2D eigenvalue weighted by Crippen LogP contribution is 2.41. The van der Waals surface area contributed by atoms with Gasteiger partial charge in [-0.2, -0.15) is 0 Å². The van der Waals surface area contributed by atoms with Gasteiger partial charge in [0.15, 0.2) is 0 Å². The van der Waals surface area contributed by atoms with Crippen molar-refractivity contribution in [2.24, 2.45) is 5.41 Å². The fourth-order valence-electron chi connectivity index (χ4n) is 4.10. The van der Waals surface area contributed by atoms with E-state index in [1.54, 1.807) is 6.92 Å². The topological polar surface area (TPSA) is 78.4 Å². The standard InChI is InChI=1S/C18H28N4O3/c1-14-12-22(17(25)19-16(14)24)13-15(23)21-10-6-18(7-11-21)4-3-8-20(2)9-5-18/h12H,3-11,13H2,1-2H3,(H,19,24,25). The number of nitrogens with zero attached hydrogens (tertiary/aromatic N) is 3. The van der Waals surface area contributed by atoms with Gasteiger partial charge in [0.05, 0.1) is 0 Å². The molecular weight excluding hydrogens is 320 g/mol. The molecular formula is C18H28N4O3. The van der Waals surface area contributed by atoms with Gasteiger partial charge in [-0.3, -0.25) is 19.1 Å². The maximum absolute atomic E-state index is 12.6. The minimum atomic E-state index is -0.524. The molecule has 0 aromatic carbocycles. The molecule has 7 heteroatoms. The number of carbonyl (C=O) groups excluding carboxylic acids is 1. The SMILES string of the molecule is Cc1cn(CC(=O)N2CCC3(CCCN(C)CC3)CC2)c(=O)[nH]c1=O. The molecule has 2 aliphatic rings. The first-order valence-electron chi connectivity index (χ1n) is 9.15. The summed E-state index contributed by atoms with van der Waals surface area (Å²) in [6.07, 6.45) is 7.25. The molecule has 0 bridgehead atoms. The van der Waals surface area contributed by atoms with Crippen LogP contribution in [0, 0.1) is 12.3 Å². The largest absolute Gasteiger partial charge is 0.341 e. The van der Waals surface area contributed by atoms with Crippen LogP contribution in [-0.2, 0) is 11.3 Å². The first kappa shape index (κ1) is 17.9. The van der Waals surface area contributed by atoms with Gasteiger partial charge in [0.2, 0.25) is 5.91 Å². The zero-order chi connectivity index (χ0) is 18.0. The molecule has 138 valence electrons. The number of aromatic nitrogens is 2. The number of hydrogen-bond donors (Lipinski definition) is 1. The lowest BCUT2D eigenvalue weighted by molar-refractivity contribution is -0.134. The first-order chi connectivity index (χ1) is 11.9. The minimum Gasteiger partial charge on any atom is -0.341 e. The van der Waals surface area contributed by atoms with E-state index in [0.29, 0.717) is 11.0 Å². The summed E-state index contributed by atoms with van der Waals surface area (Å²) < 4.78 is 1.30. The number of carbonyl (C=O) groups is 1. The van der Waals surface area contributed by atoms with Crippen molar-refractivity contribution >= 4 is 5.91 Å². The van der Waals surface area contributed by atoms with Gasteiger partial charge < -0.3 is 9.80 Å². The number of aryl methyl sites for hydroxylation is 1. The lowest BCUT2D eigenvalue weighted by Gasteiger charge is -2.41. The van der Waals surface area contributed by atoms with Crippen LogP contribution in [0.5, 0.6) is 0 Å². The van der Waals surface area contributed by atoms with E-state index in [1.165, 1.54) is 36.6 Å². The number of likely N-dealkylation sites (tertiary alicyclic amines) is 2. The van der Waals surface area contributed by atoms with E-state index < -0.39 is 11.2 Å². The summed E-state index contributed by atoms with van der Waals surface area (Å²) in [6.45, 7) is 5.46. The second-order valence-corrected chi connectivity index (χ2v) is 7.74. The maximum Gasteiger partial charge on any atom is 0.328 e. The van der Waals surface area contributed by atoms with Crippen molar-refractivity contribution in [3.63, 3.8) is 0 Å². The highest BCUT2D eigenvalue weighted by atomic mass is 16.2. The second kappa shape index (κ2) is 7.15. The van der Waals surface area contributed by atoms with E-state index >= 15 is 0 Å². The normalized spacial score (nSPS) is 21.3. The third-order valence-electron chi connectivity index (χ3n) is 5.94. The highest BCUT2D eigenvalue weighted by Gasteiger charge is 2.36. The van der Waals surface area contributed by atoms with E-state index in [-0.39, 0.29) is 12.5 Å². The van der Waals surface area contributed by atoms with Crippen LogP contribution in [0.1, 0.15) is 37.7 Å². The van der Waals surface area contributed by atoms with Crippen LogP contribution in [-0.4, -0.2) is 58.5 Å². The maximum atomic E-state index is 12.6. The van der Waals surface area contributed by atoms with Gasteiger partial charge in [-0.25, -0.2) is 4.79 Å². The number of H-pyrrole nitrogens is 1. The Hall–Kier alpha value is -1.89.